The Balaban J connectivity index is 1.69. The number of thioether (sulfide) groups is 1. The normalized spacial score (nSPS) is 17.2. The van der Waals surface area contributed by atoms with Gasteiger partial charge < -0.3 is 10.1 Å². The molecule has 1 aliphatic heterocycles. The Morgan fingerprint density at radius 2 is 1.96 bits per heavy atom. The zero-order valence-corrected chi connectivity index (χ0v) is 16.3. The molecule has 146 valence electrons. The van der Waals surface area contributed by atoms with Crippen LogP contribution in [0.2, 0.25) is 0 Å². The Morgan fingerprint density at radius 1 is 1.25 bits per heavy atom. The van der Waals surface area contributed by atoms with Crippen molar-refractivity contribution < 1.29 is 18.7 Å². The summed E-state index contributed by atoms with van der Waals surface area (Å²) < 4.78 is 19.4. The minimum absolute atomic E-state index is 0.0121. The van der Waals surface area contributed by atoms with E-state index in [0.717, 1.165) is 28.1 Å². The fourth-order valence-corrected chi connectivity index (χ4v) is 3.76. The first-order valence-electron chi connectivity index (χ1n) is 8.78. The number of aliphatic imine (C=N–C) groups is 1. The SMILES string of the molecule is CCOc1ccc(NC(=NC)SC2CC(=O)N(c3ccccc3F)C2=O)cc1. The first kappa shape index (κ1) is 19.9. The topological polar surface area (TPSA) is 71.0 Å². The maximum absolute atomic E-state index is 14.0. The van der Waals surface area contributed by atoms with Gasteiger partial charge >= 0.3 is 0 Å². The average molecular weight is 401 g/mol. The second-order valence-corrected chi connectivity index (χ2v) is 7.13. The van der Waals surface area contributed by atoms with Crippen LogP contribution in [0.1, 0.15) is 13.3 Å². The van der Waals surface area contributed by atoms with Crippen LogP contribution < -0.4 is 15.0 Å². The van der Waals surface area contributed by atoms with E-state index < -0.39 is 22.9 Å². The Hall–Kier alpha value is -2.87. The highest BCUT2D eigenvalue weighted by Gasteiger charge is 2.41. The number of imide groups is 1. The molecular formula is C20H20FN3O3S. The van der Waals surface area contributed by atoms with Crippen LogP contribution in [0, 0.1) is 5.82 Å². The molecule has 0 saturated carbocycles. The van der Waals surface area contributed by atoms with Gasteiger partial charge in [0.05, 0.1) is 12.3 Å². The maximum Gasteiger partial charge on any atom is 0.247 e. The molecule has 6 nitrogen and oxygen atoms in total. The van der Waals surface area contributed by atoms with Crippen molar-refractivity contribution in [2.75, 3.05) is 23.9 Å². The van der Waals surface area contributed by atoms with Crippen LogP contribution in [0.3, 0.4) is 0 Å². The molecule has 0 radical (unpaired) electrons. The molecule has 1 aliphatic rings. The highest BCUT2D eigenvalue weighted by molar-refractivity contribution is 8.15. The molecule has 1 unspecified atom stereocenters. The molecule has 1 saturated heterocycles. The number of para-hydroxylation sites is 1. The number of amidine groups is 1. The van der Waals surface area contributed by atoms with Crippen LogP contribution in [-0.4, -0.2) is 35.9 Å². The number of rotatable bonds is 5. The van der Waals surface area contributed by atoms with Gasteiger partial charge in [-0.1, -0.05) is 23.9 Å². The molecule has 8 heteroatoms. The molecule has 3 rings (SSSR count). The van der Waals surface area contributed by atoms with Crippen LogP contribution >= 0.6 is 11.8 Å². The van der Waals surface area contributed by atoms with Gasteiger partial charge in [-0.3, -0.25) is 14.6 Å². The quantitative estimate of drug-likeness (QED) is 0.470. The van der Waals surface area contributed by atoms with E-state index in [2.05, 4.69) is 10.3 Å². The third-order valence-corrected chi connectivity index (χ3v) is 5.23. The van der Waals surface area contributed by atoms with Crippen LogP contribution in [0.4, 0.5) is 15.8 Å². The Morgan fingerprint density at radius 3 is 2.61 bits per heavy atom. The minimum Gasteiger partial charge on any atom is -0.494 e. The first-order chi connectivity index (χ1) is 13.5. The zero-order valence-electron chi connectivity index (χ0n) is 15.5. The van der Waals surface area contributed by atoms with E-state index in [0.29, 0.717) is 11.8 Å². The van der Waals surface area contributed by atoms with Crippen LogP contribution in [0.25, 0.3) is 0 Å². The van der Waals surface area contributed by atoms with Gasteiger partial charge in [-0.25, -0.2) is 9.29 Å². The molecule has 2 aromatic rings. The summed E-state index contributed by atoms with van der Waals surface area (Å²) in [5, 5.41) is 2.95. The fraction of sp³-hybridized carbons (Fsp3) is 0.250. The number of halogens is 1. The summed E-state index contributed by atoms with van der Waals surface area (Å²) in [6, 6.07) is 13.1. The number of hydrogen-bond donors (Lipinski definition) is 1. The lowest BCUT2D eigenvalue weighted by molar-refractivity contribution is -0.121. The van der Waals surface area contributed by atoms with E-state index in [4.69, 9.17) is 4.74 Å². The van der Waals surface area contributed by atoms with Crippen molar-refractivity contribution in [1.82, 2.24) is 0 Å². The van der Waals surface area contributed by atoms with E-state index in [1.165, 1.54) is 18.2 Å². The third-order valence-electron chi connectivity index (χ3n) is 4.07. The summed E-state index contributed by atoms with van der Waals surface area (Å²) in [5.41, 5.74) is 0.759. The lowest BCUT2D eigenvalue weighted by Gasteiger charge is -2.16. The van der Waals surface area contributed by atoms with Crippen molar-refractivity contribution in [2.45, 2.75) is 18.6 Å². The van der Waals surface area contributed by atoms with Gasteiger partial charge in [-0.2, -0.15) is 0 Å². The predicted molar refractivity (Wildman–Crippen MR) is 109 cm³/mol. The second-order valence-electron chi connectivity index (χ2n) is 5.94. The Labute approximate surface area is 166 Å². The first-order valence-corrected chi connectivity index (χ1v) is 9.66. The van der Waals surface area contributed by atoms with Gasteiger partial charge in [-0.05, 0) is 43.3 Å². The molecule has 0 bridgehead atoms. The van der Waals surface area contributed by atoms with Gasteiger partial charge in [0.2, 0.25) is 11.8 Å². The molecule has 1 atom stereocenters. The average Bonchev–Trinajstić information content (AvgIpc) is 2.96. The van der Waals surface area contributed by atoms with E-state index >= 15 is 0 Å². The molecule has 0 aliphatic carbocycles. The number of anilines is 2. The van der Waals surface area contributed by atoms with E-state index in [1.54, 1.807) is 13.1 Å². The van der Waals surface area contributed by atoms with Gasteiger partial charge in [0, 0.05) is 19.2 Å². The van der Waals surface area contributed by atoms with Crippen LogP contribution in [0.5, 0.6) is 5.75 Å². The van der Waals surface area contributed by atoms with Gasteiger partial charge in [0.15, 0.2) is 5.17 Å². The molecule has 1 fully saturated rings. The van der Waals surface area contributed by atoms with Crippen molar-refractivity contribution in [3.63, 3.8) is 0 Å². The number of carbonyl (C=O) groups is 2. The van der Waals surface area contributed by atoms with E-state index in [1.807, 2.05) is 31.2 Å². The summed E-state index contributed by atoms with van der Waals surface area (Å²) in [4.78, 5) is 30.1. The summed E-state index contributed by atoms with van der Waals surface area (Å²) in [6.07, 6.45) is -0.0121. The highest BCUT2D eigenvalue weighted by Crippen LogP contribution is 2.32. The molecule has 2 amide bonds. The van der Waals surface area contributed by atoms with Crippen LogP contribution in [0.15, 0.2) is 53.5 Å². The zero-order chi connectivity index (χ0) is 20.1. The molecule has 1 N–H and O–H groups in total. The monoisotopic (exact) mass is 401 g/mol. The highest BCUT2D eigenvalue weighted by atomic mass is 32.2. The largest absolute Gasteiger partial charge is 0.494 e. The number of ether oxygens (including phenoxy) is 1. The van der Waals surface area contributed by atoms with Gasteiger partial charge in [0.25, 0.3) is 0 Å². The molecular weight excluding hydrogens is 381 g/mol. The van der Waals surface area contributed by atoms with Crippen molar-refractivity contribution in [3.05, 3.63) is 54.3 Å². The Kier molecular flexibility index (Phi) is 6.30. The fourth-order valence-electron chi connectivity index (χ4n) is 2.78. The van der Waals surface area contributed by atoms with Crippen molar-refractivity contribution >= 4 is 40.1 Å². The van der Waals surface area contributed by atoms with Crippen LogP contribution in [-0.2, 0) is 9.59 Å². The number of carbonyl (C=O) groups excluding carboxylic acids is 2. The predicted octanol–water partition coefficient (Wildman–Crippen LogP) is 3.69. The molecule has 28 heavy (non-hydrogen) atoms. The minimum atomic E-state index is -0.666. The molecule has 0 aromatic heterocycles. The summed E-state index contributed by atoms with van der Waals surface area (Å²) in [5.74, 6) is -0.724. The number of benzene rings is 2. The summed E-state index contributed by atoms with van der Waals surface area (Å²) in [7, 11) is 1.60. The van der Waals surface area contributed by atoms with E-state index in [-0.39, 0.29) is 12.1 Å². The maximum atomic E-state index is 14.0. The Bertz CT molecular complexity index is 902. The number of nitrogens with one attached hydrogen (secondary N) is 1. The van der Waals surface area contributed by atoms with Crippen molar-refractivity contribution in [1.29, 1.82) is 0 Å². The molecule has 2 aromatic carbocycles. The standard InChI is InChI=1S/C20H20FN3O3S/c1-3-27-14-10-8-13(9-11-14)23-20(22-2)28-17-12-18(25)24(19(17)26)16-7-5-4-6-15(16)21/h4-11,17H,3,12H2,1-2H3,(H,22,23). The lowest BCUT2D eigenvalue weighted by atomic mass is 10.3. The van der Waals surface area contributed by atoms with E-state index in [9.17, 15) is 14.0 Å². The summed E-state index contributed by atoms with van der Waals surface area (Å²) in [6.45, 7) is 2.50. The van der Waals surface area contributed by atoms with Crippen molar-refractivity contribution in [2.24, 2.45) is 4.99 Å². The van der Waals surface area contributed by atoms with Crippen molar-refractivity contribution in [3.8, 4) is 5.75 Å². The molecule has 1 heterocycles. The lowest BCUT2D eigenvalue weighted by Crippen LogP contribution is -2.32. The van der Waals surface area contributed by atoms with Gasteiger partial charge in [0.1, 0.15) is 16.8 Å². The number of nitrogens with zero attached hydrogens (tertiary/aromatic N) is 2. The number of amides is 2. The van der Waals surface area contributed by atoms with Gasteiger partial charge in [-0.15, -0.1) is 0 Å². The third kappa shape index (κ3) is 4.33. The smallest absolute Gasteiger partial charge is 0.247 e. The molecule has 0 spiro atoms. The summed E-state index contributed by atoms with van der Waals surface area (Å²) >= 11 is 1.15. The number of hydrogen-bond acceptors (Lipinski definition) is 5. The second kappa shape index (κ2) is 8.88.